The van der Waals surface area contributed by atoms with E-state index < -0.39 is 0 Å². The summed E-state index contributed by atoms with van der Waals surface area (Å²) in [6, 6.07) is 5.16. The topological polar surface area (TPSA) is 79.9 Å². The first-order valence-electron chi connectivity index (χ1n) is 9.97. The average Bonchev–Trinajstić information content (AvgIpc) is 3.29. The summed E-state index contributed by atoms with van der Waals surface area (Å²) in [6.07, 6.45) is 4.22. The summed E-state index contributed by atoms with van der Waals surface area (Å²) < 4.78 is 10.6. The van der Waals surface area contributed by atoms with Crippen molar-refractivity contribution >= 4 is 17.6 Å². The quantitative estimate of drug-likeness (QED) is 0.810. The summed E-state index contributed by atoms with van der Waals surface area (Å²) in [5.74, 6) is 1.11. The zero-order valence-electron chi connectivity index (χ0n) is 17.2. The second kappa shape index (κ2) is 8.29. The molecule has 1 aliphatic heterocycles. The molecule has 7 heteroatoms. The Morgan fingerprint density at radius 1 is 1.18 bits per heavy atom. The maximum absolute atomic E-state index is 13.0. The monoisotopic (exact) mass is 389 g/mol. The molecule has 2 fully saturated rings. The number of anilines is 1. The normalized spacial score (nSPS) is 20.5. The van der Waals surface area contributed by atoms with Gasteiger partial charge in [-0.3, -0.25) is 4.79 Å². The van der Waals surface area contributed by atoms with E-state index >= 15 is 0 Å². The standard InChI is InChI=1S/C21H31N3O4/c1-14(2)22-19(25)16-12-24(13-21(16)9-5-6-10-21)20(26)23-17-11-15(27-3)7-8-18(17)28-4/h7-8,11,14,16H,5-6,9-10,12-13H2,1-4H3,(H,22,25)(H,23,26). The van der Waals surface area contributed by atoms with Gasteiger partial charge in [0.15, 0.2) is 0 Å². The molecule has 1 saturated carbocycles. The highest BCUT2D eigenvalue weighted by Gasteiger charge is 2.52. The van der Waals surface area contributed by atoms with Gasteiger partial charge in [0.05, 0.1) is 25.8 Å². The minimum atomic E-state index is -0.210. The van der Waals surface area contributed by atoms with E-state index in [4.69, 9.17) is 9.47 Å². The van der Waals surface area contributed by atoms with Crippen LogP contribution >= 0.6 is 0 Å². The van der Waals surface area contributed by atoms with Gasteiger partial charge in [-0.05, 0) is 38.8 Å². The first-order chi connectivity index (χ1) is 13.4. The van der Waals surface area contributed by atoms with E-state index in [0.29, 0.717) is 30.3 Å². The fourth-order valence-electron chi connectivity index (χ4n) is 4.56. The Kier molecular flexibility index (Phi) is 6.01. The lowest BCUT2D eigenvalue weighted by molar-refractivity contribution is -0.128. The molecule has 2 aliphatic rings. The number of hydrogen-bond acceptors (Lipinski definition) is 4. The molecule has 28 heavy (non-hydrogen) atoms. The average molecular weight is 389 g/mol. The Balaban J connectivity index is 1.77. The summed E-state index contributed by atoms with van der Waals surface area (Å²) in [5.41, 5.74) is 0.455. The molecule has 1 atom stereocenters. The number of rotatable bonds is 5. The van der Waals surface area contributed by atoms with Crippen LogP contribution in [-0.2, 0) is 4.79 Å². The van der Waals surface area contributed by atoms with Crippen LogP contribution in [0.3, 0.4) is 0 Å². The van der Waals surface area contributed by atoms with Crippen molar-refractivity contribution in [2.24, 2.45) is 11.3 Å². The number of nitrogens with zero attached hydrogens (tertiary/aromatic N) is 1. The van der Waals surface area contributed by atoms with E-state index in [-0.39, 0.29) is 29.3 Å². The predicted octanol–water partition coefficient (Wildman–Crippen LogP) is 3.25. The van der Waals surface area contributed by atoms with Crippen molar-refractivity contribution < 1.29 is 19.1 Å². The molecule has 154 valence electrons. The molecule has 7 nitrogen and oxygen atoms in total. The number of methoxy groups -OCH3 is 2. The molecule has 3 rings (SSSR count). The van der Waals surface area contributed by atoms with Gasteiger partial charge in [0.1, 0.15) is 11.5 Å². The number of likely N-dealkylation sites (tertiary alicyclic amines) is 1. The molecule has 3 amide bonds. The summed E-state index contributed by atoms with van der Waals surface area (Å²) in [7, 11) is 3.14. The smallest absolute Gasteiger partial charge is 0.321 e. The number of hydrogen-bond donors (Lipinski definition) is 2. The van der Waals surface area contributed by atoms with Crippen LogP contribution in [0.15, 0.2) is 18.2 Å². The largest absolute Gasteiger partial charge is 0.497 e. The Bertz CT molecular complexity index is 728. The summed E-state index contributed by atoms with van der Waals surface area (Å²) in [6.45, 7) is 4.99. The molecule has 1 heterocycles. The minimum absolute atomic E-state index is 0.0613. The molecule has 0 bridgehead atoms. The fourth-order valence-corrected chi connectivity index (χ4v) is 4.56. The van der Waals surface area contributed by atoms with Crippen LogP contribution in [0.2, 0.25) is 0 Å². The van der Waals surface area contributed by atoms with Gasteiger partial charge in [0, 0.05) is 30.6 Å². The maximum atomic E-state index is 13.0. The highest BCUT2D eigenvalue weighted by Crippen LogP contribution is 2.49. The molecule has 1 unspecified atom stereocenters. The number of carbonyl (C=O) groups is 2. The molecule has 2 N–H and O–H groups in total. The lowest BCUT2D eigenvalue weighted by Crippen LogP contribution is -2.42. The molecule has 1 aliphatic carbocycles. The van der Waals surface area contributed by atoms with E-state index in [1.165, 1.54) is 0 Å². The number of urea groups is 1. The summed E-state index contributed by atoms with van der Waals surface area (Å²) in [5, 5.41) is 5.98. The predicted molar refractivity (Wildman–Crippen MR) is 108 cm³/mol. The van der Waals surface area contributed by atoms with Crippen LogP contribution < -0.4 is 20.1 Å². The van der Waals surface area contributed by atoms with Crippen LogP contribution in [-0.4, -0.2) is 50.2 Å². The van der Waals surface area contributed by atoms with E-state index in [0.717, 1.165) is 25.7 Å². The number of amides is 3. The maximum Gasteiger partial charge on any atom is 0.321 e. The van der Waals surface area contributed by atoms with Gasteiger partial charge < -0.3 is 25.0 Å². The molecule has 1 saturated heterocycles. The van der Waals surface area contributed by atoms with Gasteiger partial charge in [-0.15, -0.1) is 0 Å². The third-order valence-corrected chi connectivity index (χ3v) is 5.93. The van der Waals surface area contributed by atoms with Crippen molar-refractivity contribution in [3.05, 3.63) is 18.2 Å². The Morgan fingerprint density at radius 2 is 1.89 bits per heavy atom. The summed E-state index contributed by atoms with van der Waals surface area (Å²) >= 11 is 0. The second-order valence-electron chi connectivity index (χ2n) is 8.16. The lowest BCUT2D eigenvalue weighted by Gasteiger charge is -2.29. The van der Waals surface area contributed by atoms with Crippen molar-refractivity contribution in [3.63, 3.8) is 0 Å². The first kappa shape index (κ1) is 20.3. The van der Waals surface area contributed by atoms with Crippen molar-refractivity contribution in [2.75, 3.05) is 32.6 Å². The molecule has 1 spiro atoms. The van der Waals surface area contributed by atoms with Crippen molar-refractivity contribution in [2.45, 2.75) is 45.6 Å². The van der Waals surface area contributed by atoms with Crippen LogP contribution in [0, 0.1) is 11.3 Å². The molecular formula is C21H31N3O4. The lowest BCUT2D eigenvalue weighted by atomic mass is 9.76. The zero-order valence-corrected chi connectivity index (χ0v) is 17.2. The Hall–Kier alpha value is -2.44. The fraction of sp³-hybridized carbons (Fsp3) is 0.619. The van der Waals surface area contributed by atoms with Crippen molar-refractivity contribution in [1.82, 2.24) is 10.2 Å². The third kappa shape index (κ3) is 4.03. The van der Waals surface area contributed by atoms with Gasteiger partial charge in [0.2, 0.25) is 5.91 Å². The van der Waals surface area contributed by atoms with Crippen LogP contribution in [0.4, 0.5) is 10.5 Å². The second-order valence-corrected chi connectivity index (χ2v) is 8.16. The highest BCUT2D eigenvalue weighted by molar-refractivity contribution is 5.92. The number of nitrogens with one attached hydrogen (secondary N) is 2. The molecule has 0 radical (unpaired) electrons. The SMILES string of the molecule is COc1ccc(OC)c(NC(=O)N2CC(C(=O)NC(C)C)C3(CCCC3)C2)c1. The van der Waals surface area contributed by atoms with E-state index in [9.17, 15) is 9.59 Å². The van der Waals surface area contributed by atoms with Crippen LogP contribution in [0.25, 0.3) is 0 Å². The van der Waals surface area contributed by atoms with E-state index in [1.807, 2.05) is 13.8 Å². The number of benzene rings is 1. The van der Waals surface area contributed by atoms with Crippen molar-refractivity contribution in [1.29, 1.82) is 0 Å². The van der Waals surface area contributed by atoms with Crippen LogP contribution in [0.5, 0.6) is 11.5 Å². The number of ether oxygens (including phenoxy) is 2. The van der Waals surface area contributed by atoms with E-state index in [2.05, 4.69) is 10.6 Å². The molecule has 1 aromatic carbocycles. The third-order valence-electron chi connectivity index (χ3n) is 5.93. The summed E-state index contributed by atoms with van der Waals surface area (Å²) in [4.78, 5) is 27.6. The van der Waals surface area contributed by atoms with E-state index in [1.54, 1.807) is 37.3 Å². The Morgan fingerprint density at radius 3 is 2.50 bits per heavy atom. The molecular weight excluding hydrogens is 358 g/mol. The van der Waals surface area contributed by atoms with Gasteiger partial charge >= 0.3 is 6.03 Å². The van der Waals surface area contributed by atoms with Crippen LogP contribution in [0.1, 0.15) is 39.5 Å². The zero-order chi connectivity index (χ0) is 20.3. The van der Waals surface area contributed by atoms with Gasteiger partial charge in [0.25, 0.3) is 0 Å². The molecule has 1 aromatic rings. The molecule has 0 aromatic heterocycles. The van der Waals surface area contributed by atoms with Crippen molar-refractivity contribution in [3.8, 4) is 11.5 Å². The van der Waals surface area contributed by atoms with Gasteiger partial charge in [-0.2, -0.15) is 0 Å². The first-order valence-corrected chi connectivity index (χ1v) is 9.97. The highest BCUT2D eigenvalue weighted by atomic mass is 16.5. The minimum Gasteiger partial charge on any atom is -0.497 e. The van der Waals surface area contributed by atoms with Gasteiger partial charge in [-0.1, -0.05) is 12.8 Å². The Labute approximate surface area is 166 Å². The number of carbonyl (C=O) groups excluding carboxylic acids is 2. The van der Waals surface area contributed by atoms with Gasteiger partial charge in [-0.25, -0.2) is 4.79 Å².